The van der Waals surface area contributed by atoms with E-state index in [1.54, 1.807) is 44.7 Å². The normalized spacial score (nSPS) is 9.96. The molecule has 1 aromatic heterocycles. The molecule has 132 valence electrons. The highest BCUT2D eigenvalue weighted by Crippen LogP contribution is 2.37. The number of methoxy groups -OCH3 is 2. The van der Waals surface area contributed by atoms with Crippen LogP contribution >= 0.6 is 0 Å². The van der Waals surface area contributed by atoms with Crippen LogP contribution in [0, 0.1) is 5.82 Å². The highest BCUT2D eigenvalue weighted by Gasteiger charge is 2.12. The van der Waals surface area contributed by atoms with Crippen LogP contribution in [-0.2, 0) is 0 Å². The Bertz CT molecular complexity index is 869. The molecule has 0 aliphatic rings. The van der Waals surface area contributed by atoms with Crippen molar-refractivity contribution in [2.75, 3.05) is 20.0 Å². The second-order valence-electron chi connectivity index (χ2n) is 4.83. The van der Waals surface area contributed by atoms with Gasteiger partial charge in [0.2, 0.25) is 0 Å². The van der Waals surface area contributed by atoms with Crippen LogP contribution in [0.2, 0.25) is 0 Å². The first-order valence-electron chi connectivity index (χ1n) is 7.86. The second kappa shape index (κ2) is 8.19. The van der Waals surface area contributed by atoms with Crippen molar-refractivity contribution in [3.8, 4) is 23.0 Å². The minimum absolute atomic E-state index is 0.0847. The summed E-state index contributed by atoms with van der Waals surface area (Å²) in [5, 5.41) is 0.682. The fourth-order valence-corrected chi connectivity index (χ4v) is 2.25. The summed E-state index contributed by atoms with van der Waals surface area (Å²) in [5.41, 5.74) is 6.53. The number of ether oxygens (including phenoxy) is 3. The third-order valence-electron chi connectivity index (χ3n) is 3.38. The van der Waals surface area contributed by atoms with Gasteiger partial charge >= 0.3 is 0 Å². The maximum Gasteiger partial charge on any atom is 0.167 e. The van der Waals surface area contributed by atoms with E-state index >= 15 is 0 Å². The van der Waals surface area contributed by atoms with E-state index in [1.165, 1.54) is 12.1 Å². The summed E-state index contributed by atoms with van der Waals surface area (Å²) in [6.07, 6.45) is 1.58. The molecule has 0 spiro atoms. The molecule has 5 nitrogen and oxygen atoms in total. The third-order valence-corrected chi connectivity index (χ3v) is 3.38. The average molecular weight is 344 g/mol. The summed E-state index contributed by atoms with van der Waals surface area (Å²) in [7, 11) is 3.09. The van der Waals surface area contributed by atoms with Crippen molar-refractivity contribution in [2.45, 2.75) is 13.8 Å². The lowest BCUT2D eigenvalue weighted by Crippen LogP contribution is -1.95. The maximum atomic E-state index is 13.9. The number of hydrogen-bond acceptors (Lipinski definition) is 5. The molecule has 0 unspecified atom stereocenters. The van der Waals surface area contributed by atoms with E-state index in [2.05, 4.69) is 4.98 Å². The van der Waals surface area contributed by atoms with Gasteiger partial charge < -0.3 is 19.9 Å². The zero-order valence-electron chi connectivity index (χ0n) is 14.7. The molecular weight excluding hydrogens is 323 g/mol. The molecule has 0 fully saturated rings. The van der Waals surface area contributed by atoms with Crippen LogP contribution in [0.15, 0.2) is 42.6 Å². The van der Waals surface area contributed by atoms with Gasteiger partial charge in [-0.25, -0.2) is 4.39 Å². The van der Waals surface area contributed by atoms with E-state index in [1.807, 2.05) is 13.8 Å². The van der Waals surface area contributed by atoms with Crippen molar-refractivity contribution in [2.24, 2.45) is 0 Å². The Kier molecular flexibility index (Phi) is 6.00. The molecule has 2 N–H and O–H groups in total. The van der Waals surface area contributed by atoms with Gasteiger partial charge in [0.15, 0.2) is 23.1 Å². The second-order valence-corrected chi connectivity index (χ2v) is 4.83. The Labute approximate surface area is 146 Å². The zero-order chi connectivity index (χ0) is 18.4. The number of rotatable bonds is 4. The largest absolute Gasteiger partial charge is 0.493 e. The molecule has 3 rings (SSSR count). The molecule has 6 heteroatoms. The Morgan fingerprint density at radius 1 is 0.880 bits per heavy atom. The van der Waals surface area contributed by atoms with Gasteiger partial charge in [-0.3, -0.25) is 4.98 Å². The average Bonchev–Trinajstić information content (AvgIpc) is 2.64. The summed E-state index contributed by atoms with van der Waals surface area (Å²) in [5.74, 6) is 1.11. The Morgan fingerprint density at radius 3 is 2.20 bits per heavy atom. The van der Waals surface area contributed by atoms with Crippen molar-refractivity contribution in [3.05, 3.63) is 48.4 Å². The van der Waals surface area contributed by atoms with Crippen molar-refractivity contribution < 1.29 is 18.6 Å². The first-order valence-corrected chi connectivity index (χ1v) is 7.86. The van der Waals surface area contributed by atoms with E-state index in [0.29, 0.717) is 33.8 Å². The zero-order valence-corrected chi connectivity index (χ0v) is 14.7. The summed E-state index contributed by atoms with van der Waals surface area (Å²) < 4.78 is 30.2. The summed E-state index contributed by atoms with van der Waals surface area (Å²) in [6, 6.07) is 9.40. The molecular formula is C19H21FN2O3. The fraction of sp³-hybridized carbons (Fsp3) is 0.211. The van der Waals surface area contributed by atoms with E-state index in [4.69, 9.17) is 19.9 Å². The quantitative estimate of drug-likeness (QED) is 0.689. The van der Waals surface area contributed by atoms with Gasteiger partial charge in [0.05, 0.1) is 19.7 Å². The molecule has 1 heterocycles. The molecule has 0 aliphatic heterocycles. The van der Waals surface area contributed by atoms with Crippen LogP contribution in [0.25, 0.3) is 10.9 Å². The molecule has 2 aromatic carbocycles. The first-order chi connectivity index (χ1) is 12.1. The van der Waals surface area contributed by atoms with Crippen LogP contribution in [0.5, 0.6) is 23.0 Å². The van der Waals surface area contributed by atoms with Crippen LogP contribution in [0.1, 0.15) is 13.8 Å². The number of fused-ring (bicyclic) bond motifs is 1. The van der Waals surface area contributed by atoms with Crippen LogP contribution < -0.4 is 19.9 Å². The number of nitrogens with zero attached hydrogens (tertiary/aromatic N) is 1. The van der Waals surface area contributed by atoms with Crippen molar-refractivity contribution >= 4 is 16.6 Å². The molecule has 0 radical (unpaired) electrons. The van der Waals surface area contributed by atoms with Gasteiger partial charge in [0, 0.05) is 29.4 Å². The molecule has 0 saturated heterocycles. The van der Waals surface area contributed by atoms with Crippen molar-refractivity contribution in [1.29, 1.82) is 0 Å². The van der Waals surface area contributed by atoms with E-state index in [-0.39, 0.29) is 5.75 Å². The number of nitrogen functional groups attached to an aromatic ring is 1. The Balaban J connectivity index is 0.00000109. The van der Waals surface area contributed by atoms with Gasteiger partial charge in [-0.15, -0.1) is 0 Å². The first kappa shape index (κ1) is 18.3. The minimum Gasteiger partial charge on any atom is -0.493 e. The monoisotopic (exact) mass is 344 g/mol. The van der Waals surface area contributed by atoms with Crippen LogP contribution in [0.4, 0.5) is 10.1 Å². The van der Waals surface area contributed by atoms with Gasteiger partial charge in [-0.1, -0.05) is 13.8 Å². The van der Waals surface area contributed by atoms with Gasteiger partial charge in [0.25, 0.3) is 0 Å². The smallest absolute Gasteiger partial charge is 0.167 e. The minimum atomic E-state index is -0.532. The summed E-state index contributed by atoms with van der Waals surface area (Å²) in [6.45, 7) is 4.00. The van der Waals surface area contributed by atoms with Gasteiger partial charge in [-0.2, -0.15) is 0 Å². The summed E-state index contributed by atoms with van der Waals surface area (Å²) in [4.78, 5) is 4.27. The Morgan fingerprint density at radius 2 is 1.56 bits per heavy atom. The van der Waals surface area contributed by atoms with E-state index < -0.39 is 5.82 Å². The highest BCUT2D eigenvalue weighted by molar-refractivity contribution is 5.88. The van der Waals surface area contributed by atoms with Crippen LogP contribution in [0.3, 0.4) is 0 Å². The maximum absolute atomic E-state index is 13.9. The molecule has 0 atom stereocenters. The van der Waals surface area contributed by atoms with Crippen LogP contribution in [-0.4, -0.2) is 19.2 Å². The number of halogens is 1. The van der Waals surface area contributed by atoms with Gasteiger partial charge in [0.1, 0.15) is 5.75 Å². The van der Waals surface area contributed by atoms with E-state index in [9.17, 15) is 4.39 Å². The third kappa shape index (κ3) is 3.91. The van der Waals surface area contributed by atoms with Crippen molar-refractivity contribution in [3.63, 3.8) is 0 Å². The Hall–Kier alpha value is -3.02. The standard InChI is InChI=1S/C17H15FN2O3.C2H6/c1-21-16-8-11-13(9-17(16)22-2)20-6-5-14(11)23-15-4-3-10(19)7-12(15)18;1-2/h3-9H,19H2,1-2H3;1-2H3. The number of pyridine rings is 1. The number of aromatic nitrogens is 1. The number of anilines is 1. The predicted octanol–water partition coefficient (Wildman–Crippen LogP) is 4.79. The molecule has 25 heavy (non-hydrogen) atoms. The lowest BCUT2D eigenvalue weighted by molar-refractivity contribution is 0.355. The molecule has 3 aromatic rings. The number of hydrogen-bond donors (Lipinski definition) is 1. The van der Waals surface area contributed by atoms with Gasteiger partial charge in [-0.05, 0) is 24.3 Å². The molecule has 0 bridgehead atoms. The molecule has 0 aliphatic carbocycles. The lowest BCUT2D eigenvalue weighted by atomic mass is 10.2. The summed E-state index contributed by atoms with van der Waals surface area (Å²) >= 11 is 0. The fourth-order valence-electron chi connectivity index (χ4n) is 2.25. The predicted molar refractivity (Wildman–Crippen MR) is 97.1 cm³/mol. The highest BCUT2D eigenvalue weighted by atomic mass is 19.1. The molecule has 0 saturated carbocycles. The van der Waals surface area contributed by atoms with Crippen molar-refractivity contribution in [1.82, 2.24) is 4.98 Å². The number of nitrogens with two attached hydrogens (primary N) is 1. The van der Waals surface area contributed by atoms with E-state index in [0.717, 1.165) is 0 Å². The topological polar surface area (TPSA) is 66.6 Å². The lowest BCUT2D eigenvalue weighted by Gasteiger charge is -2.12. The molecule has 0 amide bonds. The SMILES string of the molecule is CC.COc1cc2nccc(Oc3ccc(N)cc3F)c2cc1OC. The number of benzene rings is 2.